The number of hydrogen-bond donors (Lipinski definition) is 1. The zero-order valence-electron chi connectivity index (χ0n) is 10.6. The third-order valence-electron chi connectivity index (χ3n) is 2.41. The molecule has 0 bridgehead atoms. The molecule has 6 nitrogen and oxygen atoms in total. The monoisotopic (exact) mass is 282 g/mol. The molecule has 0 spiro atoms. The Kier molecular flexibility index (Phi) is 4.53. The van der Waals surface area contributed by atoms with Crippen LogP contribution in [0.4, 0.5) is 5.69 Å². The standard InChI is InChI=1S/C12H14N2O4S/c1-4-7-14(2)19(16,17)11-6-5-9(13)8-10(11)12(15)18-3/h1,5-6,8H,7,13H2,2-3H3. The highest BCUT2D eigenvalue weighted by Gasteiger charge is 2.26. The van der Waals surface area contributed by atoms with Crippen LogP contribution >= 0.6 is 0 Å². The van der Waals surface area contributed by atoms with E-state index in [-0.39, 0.29) is 22.7 Å². The molecule has 0 amide bonds. The molecule has 0 atom stereocenters. The van der Waals surface area contributed by atoms with E-state index >= 15 is 0 Å². The normalized spacial score (nSPS) is 11.1. The number of rotatable bonds is 4. The number of ether oxygens (including phenoxy) is 1. The van der Waals surface area contributed by atoms with E-state index in [0.29, 0.717) is 0 Å². The first kappa shape index (κ1) is 15.0. The largest absolute Gasteiger partial charge is 0.465 e. The van der Waals surface area contributed by atoms with Crippen molar-refractivity contribution in [2.24, 2.45) is 0 Å². The Balaban J connectivity index is 3.43. The minimum absolute atomic E-state index is 0.104. The minimum Gasteiger partial charge on any atom is -0.465 e. The van der Waals surface area contributed by atoms with Crippen LogP contribution < -0.4 is 5.73 Å². The fourth-order valence-corrected chi connectivity index (χ4v) is 2.66. The summed E-state index contributed by atoms with van der Waals surface area (Å²) in [4.78, 5) is 11.4. The van der Waals surface area contributed by atoms with Crippen LogP contribution in [0.5, 0.6) is 0 Å². The van der Waals surface area contributed by atoms with Gasteiger partial charge in [-0.2, -0.15) is 4.31 Å². The topological polar surface area (TPSA) is 89.7 Å². The molecule has 0 saturated heterocycles. The van der Waals surface area contributed by atoms with Crippen molar-refractivity contribution in [2.45, 2.75) is 4.90 Å². The lowest BCUT2D eigenvalue weighted by atomic mass is 10.2. The van der Waals surface area contributed by atoms with Crippen molar-refractivity contribution in [3.8, 4) is 12.3 Å². The lowest BCUT2D eigenvalue weighted by Crippen LogP contribution is -2.28. The Morgan fingerprint density at radius 1 is 1.53 bits per heavy atom. The van der Waals surface area contributed by atoms with Crippen LogP contribution in [0.1, 0.15) is 10.4 Å². The van der Waals surface area contributed by atoms with Gasteiger partial charge in [0.25, 0.3) is 0 Å². The highest BCUT2D eigenvalue weighted by atomic mass is 32.2. The molecule has 0 fully saturated rings. The molecular weight excluding hydrogens is 268 g/mol. The molecule has 1 rings (SSSR count). The van der Waals surface area contributed by atoms with Gasteiger partial charge in [0.15, 0.2) is 0 Å². The van der Waals surface area contributed by atoms with E-state index in [4.69, 9.17) is 12.2 Å². The van der Waals surface area contributed by atoms with E-state index in [2.05, 4.69) is 10.7 Å². The maximum absolute atomic E-state index is 12.3. The van der Waals surface area contributed by atoms with E-state index in [1.165, 1.54) is 25.2 Å². The summed E-state index contributed by atoms with van der Waals surface area (Å²) < 4.78 is 30.0. The summed E-state index contributed by atoms with van der Waals surface area (Å²) in [5.41, 5.74) is 5.69. The number of esters is 1. The first-order valence-electron chi connectivity index (χ1n) is 5.22. The smallest absolute Gasteiger partial charge is 0.339 e. The lowest BCUT2D eigenvalue weighted by molar-refractivity contribution is 0.0596. The summed E-state index contributed by atoms with van der Waals surface area (Å²) in [5.74, 6) is 1.45. The Labute approximate surface area is 112 Å². The van der Waals surface area contributed by atoms with E-state index in [1.54, 1.807) is 0 Å². The quantitative estimate of drug-likeness (QED) is 0.487. The maximum atomic E-state index is 12.3. The van der Waals surface area contributed by atoms with Crippen molar-refractivity contribution in [2.75, 3.05) is 26.4 Å². The summed E-state index contributed by atoms with van der Waals surface area (Å²) in [7, 11) is -1.38. The van der Waals surface area contributed by atoms with Crippen molar-refractivity contribution >= 4 is 21.7 Å². The van der Waals surface area contributed by atoms with E-state index < -0.39 is 16.0 Å². The second-order valence-electron chi connectivity index (χ2n) is 3.71. The number of methoxy groups -OCH3 is 1. The Morgan fingerprint density at radius 3 is 2.68 bits per heavy atom. The van der Waals surface area contributed by atoms with Crippen LogP contribution in [0, 0.1) is 12.3 Å². The fourth-order valence-electron chi connectivity index (χ4n) is 1.42. The first-order chi connectivity index (χ1) is 8.84. The number of nitrogens with two attached hydrogens (primary N) is 1. The van der Waals surface area contributed by atoms with Crippen molar-refractivity contribution in [1.29, 1.82) is 0 Å². The number of anilines is 1. The molecule has 0 radical (unpaired) electrons. The number of carbonyl (C=O) groups is 1. The molecular formula is C12H14N2O4S. The SMILES string of the molecule is C#CCN(C)S(=O)(=O)c1ccc(N)cc1C(=O)OC. The third-order valence-corrected chi connectivity index (χ3v) is 4.27. The number of carbonyl (C=O) groups excluding carboxylic acids is 1. The van der Waals surface area contributed by atoms with E-state index in [1.807, 2.05) is 0 Å². The molecule has 0 aromatic heterocycles. The molecule has 0 unspecified atom stereocenters. The molecule has 0 aliphatic rings. The van der Waals surface area contributed by atoms with Crippen molar-refractivity contribution in [3.05, 3.63) is 23.8 Å². The summed E-state index contributed by atoms with van der Waals surface area (Å²) in [5, 5.41) is 0. The second-order valence-corrected chi connectivity index (χ2v) is 5.73. The van der Waals surface area contributed by atoms with Gasteiger partial charge in [-0.25, -0.2) is 13.2 Å². The molecule has 0 aliphatic heterocycles. The second kappa shape index (κ2) is 5.73. The highest BCUT2D eigenvalue weighted by molar-refractivity contribution is 7.89. The van der Waals surface area contributed by atoms with Crippen LogP contribution in [0.2, 0.25) is 0 Å². The highest BCUT2D eigenvalue weighted by Crippen LogP contribution is 2.22. The molecule has 102 valence electrons. The molecule has 0 aliphatic carbocycles. The number of terminal acetylenes is 1. The first-order valence-corrected chi connectivity index (χ1v) is 6.66. The van der Waals surface area contributed by atoms with Gasteiger partial charge in [0.05, 0.1) is 24.1 Å². The number of sulfonamides is 1. The van der Waals surface area contributed by atoms with Crippen LogP contribution in [0.25, 0.3) is 0 Å². The van der Waals surface area contributed by atoms with Crippen LogP contribution in [0.15, 0.2) is 23.1 Å². The molecule has 2 N–H and O–H groups in total. The summed E-state index contributed by atoms with van der Waals surface area (Å²) in [6.45, 7) is -0.104. The average Bonchev–Trinajstić information content (AvgIpc) is 2.37. The summed E-state index contributed by atoms with van der Waals surface area (Å²) >= 11 is 0. The number of benzene rings is 1. The van der Waals surface area contributed by atoms with Gasteiger partial charge in [0, 0.05) is 12.7 Å². The van der Waals surface area contributed by atoms with Gasteiger partial charge in [0.2, 0.25) is 10.0 Å². The van der Waals surface area contributed by atoms with Gasteiger partial charge in [0.1, 0.15) is 0 Å². The predicted molar refractivity (Wildman–Crippen MR) is 70.8 cm³/mol. The maximum Gasteiger partial charge on any atom is 0.339 e. The average molecular weight is 282 g/mol. The molecule has 0 heterocycles. The van der Waals surface area contributed by atoms with Crippen molar-refractivity contribution in [1.82, 2.24) is 4.31 Å². The van der Waals surface area contributed by atoms with E-state index in [9.17, 15) is 13.2 Å². The van der Waals surface area contributed by atoms with E-state index in [0.717, 1.165) is 11.4 Å². The minimum atomic E-state index is -3.87. The lowest BCUT2D eigenvalue weighted by Gasteiger charge is -2.16. The van der Waals surface area contributed by atoms with Gasteiger partial charge in [-0.15, -0.1) is 6.42 Å². The summed E-state index contributed by atoms with van der Waals surface area (Å²) in [6, 6.07) is 3.90. The molecule has 7 heteroatoms. The van der Waals surface area contributed by atoms with Crippen LogP contribution in [0.3, 0.4) is 0 Å². The van der Waals surface area contributed by atoms with Crippen LogP contribution in [-0.4, -0.2) is 39.4 Å². The van der Waals surface area contributed by atoms with Crippen molar-refractivity contribution < 1.29 is 17.9 Å². The van der Waals surface area contributed by atoms with Gasteiger partial charge in [-0.05, 0) is 18.2 Å². The molecule has 19 heavy (non-hydrogen) atoms. The zero-order valence-corrected chi connectivity index (χ0v) is 11.4. The Morgan fingerprint density at radius 2 is 2.16 bits per heavy atom. The predicted octanol–water partition coefficient (Wildman–Crippen LogP) is 0.309. The third kappa shape index (κ3) is 3.05. The number of nitrogens with zero attached hydrogens (tertiary/aromatic N) is 1. The number of nitrogen functional groups attached to an aromatic ring is 1. The van der Waals surface area contributed by atoms with Crippen molar-refractivity contribution in [3.63, 3.8) is 0 Å². The summed E-state index contributed by atoms with van der Waals surface area (Å²) in [6.07, 6.45) is 5.08. The fraction of sp³-hybridized carbons (Fsp3) is 0.250. The van der Waals surface area contributed by atoms with Gasteiger partial charge in [-0.1, -0.05) is 5.92 Å². The van der Waals surface area contributed by atoms with Gasteiger partial charge in [-0.3, -0.25) is 0 Å². The Hall–Kier alpha value is -2.04. The van der Waals surface area contributed by atoms with Gasteiger partial charge >= 0.3 is 5.97 Å². The number of hydrogen-bond acceptors (Lipinski definition) is 5. The van der Waals surface area contributed by atoms with Gasteiger partial charge < -0.3 is 10.5 Å². The molecule has 0 saturated carbocycles. The molecule has 1 aromatic rings. The molecule has 1 aromatic carbocycles. The van der Waals surface area contributed by atoms with Crippen LogP contribution in [-0.2, 0) is 14.8 Å². The zero-order chi connectivity index (χ0) is 14.6. The Bertz CT molecular complexity index is 632.